The molecule has 0 N–H and O–H groups in total. The van der Waals surface area contributed by atoms with Crippen LogP contribution in [0.1, 0.15) is 12.0 Å². The van der Waals surface area contributed by atoms with Gasteiger partial charge >= 0.3 is 0 Å². The van der Waals surface area contributed by atoms with Crippen LogP contribution in [0.5, 0.6) is 0 Å². The van der Waals surface area contributed by atoms with Gasteiger partial charge in [0.15, 0.2) is 0 Å². The van der Waals surface area contributed by atoms with E-state index in [1.807, 2.05) is 0 Å². The minimum Gasteiger partial charge on any atom is -0.303 e. The Balaban J connectivity index is 2.69. The minimum absolute atomic E-state index is 0.350. The van der Waals surface area contributed by atoms with Crippen molar-refractivity contribution in [2.24, 2.45) is 0 Å². The molecule has 0 saturated carbocycles. The van der Waals surface area contributed by atoms with E-state index in [4.69, 9.17) is 0 Å². The first-order valence-corrected chi connectivity index (χ1v) is 3.37. The van der Waals surface area contributed by atoms with E-state index in [0.717, 1.165) is 6.29 Å². The molecule has 0 aliphatic rings. The lowest BCUT2D eigenvalue weighted by Gasteiger charge is -1.96. The summed E-state index contributed by atoms with van der Waals surface area (Å²) in [6.07, 6.45) is 2.94. The monoisotopic (exact) mass is 153 g/mol. The van der Waals surface area contributed by atoms with E-state index in [9.17, 15) is 9.18 Å². The molecule has 0 amide bonds. The van der Waals surface area contributed by atoms with Crippen molar-refractivity contribution in [1.29, 1.82) is 0 Å². The van der Waals surface area contributed by atoms with E-state index < -0.39 is 5.95 Å². The summed E-state index contributed by atoms with van der Waals surface area (Å²) in [5.74, 6) is -0.477. The summed E-state index contributed by atoms with van der Waals surface area (Å²) in [7, 11) is 0. The van der Waals surface area contributed by atoms with Crippen molar-refractivity contribution in [3.63, 3.8) is 0 Å². The predicted molar refractivity (Wildman–Crippen MR) is 38.6 cm³/mol. The van der Waals surface area contributed by atoms with Crippen molar-refractivity contribution in [2.45, 2.75) is 12.8 Å². The van der Waals surface area contributed by atoms with Gasteiger partial charge in [-0.25, -0.2) is 4.98 Å². The first-order valence-electron chi connectivity index (χ1n) is 3.37. The summed E-state index contributed by atoms with van der Waals surface area (Å²) in [6, 6.07) is 3.29. The molecule has 0 aromatic carbocycles. The zero-order valence-corrected chi connectivity index (χ0v) is 5.96. The third kappa shape index (κ3) is 2.11. The number of rotatable bonds is 3. The van der Waals surface area contributed by atoms with Gasteiger partial charge in [0, 0.05) is 18.2 Å². The average Bonchev–Trinajstić information content (AvgIpc) is 2.03. The van der Waals surface area contributed by atoms with Crippen LogP contribution in [0.4, 0.5) is 4.39 Å². The third-order valence-electron chi connectivity index (χ3n) is 1.37. The topological polar surface area (TPSA) is 30.0 Å². The average molecular weight is 153 g/mol. The van der Waals surface area contributed by atoms with Crippen LogP contribution < -0.4 is 0 Å². The SMILES string of the molecule is O=CCCc1cccnc1F. The number of carbonyl (C=O) groups excluding carboxylic acids is 1. The van der Waals surface area contributed by atoms with Gasteiger partial charge in [-0.2, -0.15) is 4.39 Å². The maximum Gasteiger partial charge on any atom is 0.216 e. The van der Waals surface area contributed by atoms with Gasteiger partial charge in [-0.1, -0.05) is 6.07 Å². The Morgan fingerprint density at radius 2 is 2.45 bits per heavy atom. The van der Waals surface area contributed by atoms with Gasteiger partial charge in [-0.05, 0) is 12.5 Å². The van der Waals surface area contributed by atoms with Crippen LogP contribution in [0.25, 0.3) is 0 Å². The highest BCUT2D eigenvalue weighted by atomic mass is 19.1. The van der Waals surface area contributed by atoms with Gasteiger partial charge in [0.1, 0.15) is 6.29 Å². The molecule has 58 valence electrons. The summed E-state index contributed by atoms with van der Waals surface area (Å²) in [4.78, 5) is 13.4. The molecule has 0 saturated heterocycles. The van der Waals surface area contributed by atoms with Crippen LogP contribution in [-0.2, 0) is 11.2 Å². The first-order chi connectivity index (χ1) is 5.34. The summed E-state index contributed by atoms with van der Waals surface area (Å²) >= 11 is 0. The summed E-state index contributed by atoms with van der Waals surface area (Å²) < 4.78 is 12.7. The molecule has 1 aromatic heterocycles. The molecule has 0 spiro atoms. The minimum atomic E-state index is -0.477. The van der Waals surface area contributed by atoms with Crippen molar-refractivity contribution in [2.75, 3.05) is 0 Å². The Hall–Kier alpha value is -1.25. The lowest BCUT2D eigenvalue weighted by Crippen LogP contribution is -1.93. The molecule has 0 radical (unpaired) electrons. The Bertz CT molecular complexity index is 250. The number of pyridine rings is 1. The Kier molecular flexibility index (Phi) is 2.72. The predicted octanol–water partition coefficient (Wildman–Crippen LogP) is 1.35. The number of aromatic nitrogens is 1. The van der Waals surface area contributed by atoms with E-state index >= 15 is 0 Å². The lowest BCUT2D eigenvalue weighted by molar-refractivity contribution is -0.107. The highest BCUT2D eigenvalue weighted by Gasteiger charge is 1.99. The van der Waals surface area contributed by atoms with E-state index in [0.29, 0.717) is 18.4 Å². The normalized spacial score (nSPS) is 9.55. The number of hydrogen-bond donors (Lipinski definition) is 0. The number of halogens is 1. The second-order valence-corrected chi connectivity index (χ2v) is 2.16. The lowest BCUT2D eigenvalue weighted by atomic mass is 10.2. The number of nitrogens with zero attached hydrogens (tertiary/aromatic N) is 1. The van der Waals surface area contributed by atoms with E-state index in [1.54, 1.807) is 12.1 Å². The van der Waals surface area contributed by atoms with Gasteiger partial charge in [-0.15, -0.1) is 0 Å². The zero-order valence-electron chi connectivity index (χ0n) is 5.96. The van der Waals surface area contributed by atoms with Crippen molar-refractivity contribution in [3.8, 4) is 0 Å². The van der Waals surface area contributed by atoms with Gasteiger partial charge < -0.3 is 4.79 Å². The molecule has 1 rings (SSSR count). The Morgan fingerprint density at radius 3 is 3.09 bits per heavy atom. The van der Waals surface area contributed by atoms with Gasteiger partial charge in [0.25, 0.3) is 0 Å². The van der Waals surface area contributed by atoms with Gasteiger partial charge in [-0.3, -0.25) is 0 Å². The van der Waals surface area contributed by atoms with Crippen LogP contribution in [0.2, 0.25) is 0 Å². The van der Waals surface area contributed by atoms with Crippen LogP contribution in [0.15, 0.2) is 18.3 Å². The molecule has 0 bridgehead atoms. The Morgan fingerprint density at radius 1 is 1.64 bits per heavy atom. The van der Waals surface area contributed by atoms with Gasteiger partial charge in [0.05, 0.1) is 0 Å². The molecule has 0 aliphatic heterocycles. The fraction of sp³-hybridized carbons (Fsp3) is 0.250. The molecular weight excluding hydrogens is 145 g/mol. The summed E-state index contributed by atoms with van der Waals surface area (Å²) in [6.45, 7) is 0. The molecule has 11 heavy (non-hydrogen) atoms. The highest BCUT2D eigenvalue weighted by Crippen LogP contribution is 2.04. The van der Waals surface area contributed by atoms with Crippen molar-refractivity contribution < 1.29 is 9.18 Å². The molecule has 2 nitrogen and oxygen atoms in total. The molecule has 1 aromatic rings. The second kappa shape index (κ2) is 3.81. The highest BCUT2D eigenvalue weighted by molar-refractivity contribution is 5.49. The molecule has 1 heterocycles. The number of aryl methyl sites for hydroxylation is 1. The van der Waals surface area contributed by atoms with Crippen LogP contribution in [0, 0.1) is 5.95 Å². The van der Waals surface area contributed by atoms with E-state index in [2.05, 4.69) is 4.98 Å². The largest absolute Gasteiger partial charge is 0.303 e. The smallest absolute Gasteiger partial charge is 0.216 e. The second-order valence-electron chi connectivity index (χ2n) is 2.16. The quantitative estimate of drug-likeness (QED) is 0.484. The standard InChI is InChI=1S/C8H8FNO/c9-8-7(4-2-6-11)3-1-5-10-8/h1,3,5-6H,2,4H2. The van der Waals surface area contributed by atoms with Crippen LogP contribution >= 0.6 is 0 Å². The maximum atomic E-state index is 12.7. The molecule has 0 aliphatic carbocycles. The number of aldehydes is 1. The number of hydrogen-bond acceptors (Lipinski definition) is 2. The number of carbonyl (C=O) groups is 1. The van der Waals surface area contributed by atoms with E-state index in [-0.39, 0.29) is 0 Å². The fourth-order valence-corrected chi connectivity index (χ4v) is 0.820. The van der Waals surface area contributed by atoms with E-state index in [1.165, 1.54) is 6.20 Å². The van der Waals surface area contributed by atoms with Crippen molar-refractivity contribution in [3.05, 3.63) is 29.8 Å². The molecule has 0 fully saturated rings. The zero-order chi connectivity index (χ0) is 8.10. The first kappa shape index (κ1) is 7.85. The molecule has 3 heteroatoms. The van der Waals surface area contributed by atoms with Crippen molar-refractivity contribution in [1.82, 2.24) is 4.98 Å². The third-order valence-corrected chi connectivity index (χ3v) is 1.37. The maximum absolute atomic E-state index is 12.7. The van der Waals surface area contributed by atoms with Crippen LogP contribution in [0.3, 0.4) is 0 Å². The summed E-state index contributed by atoms with van der Waals surface area (Å²) in [5, 5.41) is 0. The summed E-state index contributed by atoms with van der Waals surface area (Å²) in [5.41, 5.74) is 0.500. The van der Waals surface area contributed by atoms with Gasteiger partial charge in [0.2, 0.25) is 5.95 Å². The Labute approximate surface area is 64.1 Å². The van der Waals surface area contributed by atoms with Crippen molar-refractivity contribution >= 4 is 6.29 Å². The molecular formula is C8H8FNO. The fourth-order valence-electron chi connectivity index (χ4n) is 0.820. The molecule has 0 atom stereocenters. The van der Waals surface area contributed by atoms with Crippen LogP contribution in [-0.4, -0.2) is 11.3 Å². The molecule has 0 unspecified atom stereocenters.